The number of ether oxygens (including phenoxy) is 2. The van der Waals surface area contributed by atoms with E-state index in [9.17, 15) is 18.0 Å². The molecule has 1 amide bonds. The van der Waals surface area contributed by atoms with Gasteiger partial charge in [-0.15, -0.1) is 0 Å². The maximum absolute atomic E-state index is 12.2. The number of amides is 1. The van der Waals surface area contributed by atoms with Crippen LogP contribution in [0.15, 0.2) is 53.4 Å². The van der Waals surface area contributed by atoms with Crippen molar-refractivity contribution in [2.24, 2.45) is 5.14 Å². The maximum Gasteiger partial charge on any atom is 0.338 e. The molecule has 0 aliphatic heterocycles. The van der Waals surface area contributed by atoms with Gasteiger partial charge in [-0.3, -0.25) is 4.79 Å². The van der Waals surface area contributed by atoms with E-state index in [1.54, 1.807) is 24.3 Å². The standard InChI is InChI=1S/C19H22N2O6S/c1-12(2)26-16-8-4-14(5-9-16)19(23)27-13(3)18(22)21-15-6-10-17(11-7-15)28(20,24)25/h4-13H,1-3H3,(H,21,22)(H2,20,24,25). The van der Waals surface area contributed by atoms with Gasteiger partial charge in [-0.2, -0.15) is 0 Å². The number of hydrogen-bond acceptors (Lipinski definition) is 6. The highest BCUT2D eigenvalue weighted by Crippen LogP contribution is 2.16. The SMILES string of the molecule is CC(C)Oc1ccc(C(=O)OC(C)C(=O)Nc2ccc(S(N)(=O)=O)cc2)cc1. The molecule has 1 atom stereocenters. The molecular weight excluding hydrogens is 384 g/mol. The van der Waals surface area contributed by atoms with Gasteiger partial charge in [0, 0.05) is 5.69 Å². The highest BCUT2D eigenvalue weighted by atomic mass is 32.2. The van der Waals surface area contributed by atoms with Gasteiger partial charge in [0.15, 0.2) is 6.10 Å². The molecule has 0 fully saturated rings. The average Bonchev–Trinajstić information content (AvgIpc) is 2.61. The maximum atomic E-state index is 12.2. The van der Waals surface area contributed by atoms with Crippen LogP contribution in [0.5, 0.6) is 5.75 Å². The average molecular weight is 406 g/mol. The summed E-state index contributed by atoms with van der Waals surface area (Å²) in [5.41, 5.74) is 0.628. The van der Waals surface area contributed by atoms with Crippen molar-refractivity contribution in [2.45, 2.75) is 37.9 Å². The van der Waals surface area contributed by atoms with Crippen LogP contribution in [-0.4, -0.2) is 32.5 Å². The first-order chi connectivity index (χ1) is 13.1. The molecule has 1 unspecified atom stereocenters. The van der Waals surface area contributed by atoms with E-state index < -0.39 is 28.0 Å². The number of carbonyl (C=O) groups is 2. The van der Waals surface area contributed by atoms with Gasteiger partial charge in [0.05, 0.1) is 16.6 Å². The molecule has 9 heteroatoms. The first-order valence-electron chi connectivity index (χ1n) is 8.47. The van der Waals surface area contributed by atoms with E-state index >= 15 is 0 Å². The van der Waals surface area contributed by atoms with E-state index in [1.807, 2.05) is 13.8 Å². The molecule has 2 aromatic carbocycles. The lowest BCUT2D eigenvalue weighted by atomic mass is 10.2. The van der Waals surface area contributed by atoms with Gasteiger partial charge in [0.2, 0.25) is 10.0 Å². The molecule has 0 aliphatic carbocycles. The molecule has 0 saturated heterocycles. The number of rotatable bonds is 7. The van der Waals surface area contributed by atoms with Crippen molar-refractivity contribution in [1.29, 1.82) is 0 Å². The van der Waals surface area contributed by atoms with Crippen LogP contribution in [0.2, 0.25) is 0 Å². The fourth-order valence-corrected chi connectivity index (χ4v) is 2.71. The van der Waals surface area contributed by atoms with Crippen LogP contribution in [0, 0.1) is 0 Å². The zero-order chi connectivity index (χ0) is 20.9. The van der Waals surface area contributed by atoms with E-state index in [4.69, 9.17) is 14.6 Å². The summed E-state index contributed by atoms with van der Waals surface area (Å²) in [7, 11) is -3.81. The second-order valence-electron chi connectivity index (χ2n) is 6.30. The van der Waals surface area contributed by atoms with E-state index in [0.717, 1.165) is 0 Å². The summed E-state index contributed by atoms with van der Waals surface area (Å²) in [6, 6.07) is 11.7. The third-order valence-electron chi connectivity index (χ3n) is 3.57. The Hall–Kier alpha value is -2.91. The minimum absolute atomic E-state index is 0.0144. The van der Waals surface area contributed by atoms with Crippen LogP contribution in [0.1, 0.15) is 31.1 Å². The molecule has 0 bridgehead atoms. The molecular formula is C19H22N2O6S. The van der Waals surface area contributed by atoms with Crippen molar-refractivity contribution >= 4 is 27.6 Å². The van der Waals surface area contributed by atoms with Gasteiger partial charge in [-0.1, -0.05) is 0 Å². The minimum Gasteiger partial charge on any atom is -0.491 e. The van der Waals surface area contributed by atoms with Crippen LogP contribution in [0.3, 0.4) is 0 Å². The van der Waals surface area contributed by atoms with Crippen LogP contribution in [0.25, 0.3) is 0 Å². The van der Waals surface area contributed by atoms with Gasteiger partial charge in [0.1, 0.15) is 5.75 Å². The number of carbonyl (C=O) groups excluding carboxylic acids is 2. The molecule has 0 radical (unpaired) electrons. The smallest absolute Gasteiger partial charge is 0.338 e. The Morgan fingerprint density at radius 1 is 0.964 bits per heavy atom. The molecule has 0 saturated carbocycles. The molecule has 2 rings (SSSR count). The Morgan fingerprint density at radius 3 is 2.04 bits per heavy atom. The summed E-state index contributed by atoms with van der Waals surface area (Å²) in [4.78, 5) is 24.3. The summed E-state index contributed by atoms with van der Waals surface area (Å²) >= 11 is 0. The molecule has 150 valence electrons. The topological polar surface area (TPSA) is 125 Å². The lowest BCUT2D eigenvalue weighted by Crippen LogP contribution is -2.30. The van der Waals surface area contributed by atoms with Gasteiger partial charge >= 0.3 is 5.97 Å². The van der Waals surface area contributed by atoms with Crippen molar-refractivity contribution in [2.75, 3.05) is 5.32 Å². The largest absolute Gasteiger partial charge is 0.491 e. The highest BCUT2D eigenvalue weighted by molar-refractivity contribution is 7.89. The Kier molecular flexibility index (Phi) is 6.76. The number of anilines is 1. The molecule has 8 nitrogen and oxygen atoms in total. The summed E-state index contributed by atoms with van der Waals surface area (Å²) < 4.78 is 33.1. The number of nitrogens with one attached hydrogen (secondary N) is 1. The van der Waals surface area contributed by atoms with E-state index in [2.05, 4.69) is 5.32 Å². The van der Waals surface area contributed by atoms with Crippen LogP contribution in [0.4, 0.5) is 5.69 Å². The molecule has 0 aromatic heterocycles. The minimum atomic E-state index is -3.81. The van der Waals surface area contributed by atoms with E-state index in [-0.39, 0.29) is 16.6 Å². The van der Waals surface area contributed by atoms with Crippen molar-refractivity contribution in [3.63, 3.8) is 0 Å². The Morgan fingerprint density at radius 2 is 1.54 bits per heavy atom. The Balaban J connectivity index is 1.95. The molecule has 3 N–H and O–H groups in total. The number of sulfonamides is 1. The van der Waals surface area contributed by atoms with Crippen molar-refractivity contribution in [3.8, 4) is 5.75 Å². The fourth-order valence-electron chi connectivity index (χ4n) is 2.20. The van der Waals surface area contributed by atoms with Gasteiger partial charge in [0.25, 0.3) is 5.91 Å². The van der Waals surface area contributed by atoms with Gasteiger partial charge < -0.3 is 14.8 Å². The van der Waals surface area contributed by atoms with Crippen LogP contribution in [-0.2, 0) is 19.6 Å². The van der Waals surface area contributed by atoms with E-state index in [0.29, 0.717) is 11.4 Å². The molecule has 0 spiro atoms. The molecule has 28 heavy (non-hydrogen) atoms. The summed E-state index contributed by atoms with van der Waals surface area (Å²) in [5.74, 6) is -0.583. The summed E-state index contributed by atoms with van der Waals surface area (Å²) in [5, 5.41) is 7.55. The Bertz CT molecular complexity index is 937. The third kappa shape index (κ3) is 6.07. The van der Waals surface area contributed by atoms with Crippen LogP contribution >= 0.6 is 0 Å². The number of nitrogens with two attached hydrogens (primary N) is 1. The molecule has 2 aromatic rings. The summed E-state index contributed by atoms with van der Waals surface area (Å²) in [6.07, 6.45) is -1.04. The number of hydrogen-bond donors (Lipinski definition) is 2. The zero-order valence-corrected chi connectivity index (χ0v) is 16.5. The first-order valence-corrected chi connectivity index (χ1v) is 10.0. The lowest BCUT2D eigenvalue weighted by Gasteiger charge is -2.14. The second-order valence-corrected chi connectivity index (χ2v) is 7.86. The molecule has 0 heterocycles. The number of esters is 1. The monoisotopic (exact) mass is 406 g/mol. The quantitative estimate of drug-likeness (QED) is 0.680. The third-order valence-corrected chi connectivity index (χ3v) is 4.49. The first kappa shape index (κ1) is 21.4. The van der Waals surface area contributed by atoms with E-state index in [1.165, 1.54) is 31.2 Å². The Labute approximate surface area is 163 Å². The van der Waals surface area contributed by atoms with Crippen molar-refractivity contribution in [1.82, 2.24) is 0 Å². The fraction of sp³-hybridized carbons (Fsp3) is 0.263. The number of primary sulfonamides is 1. The van der Waals surface area contributed by atoms with Crippen molar-refractivity contribution < 1.29 is 27.5 Å². The van der Waals surface area contributed by atoms with Crippen molar-refractivity contribution in [3.05, 3.63) is 54.1 Å². The lowest BCUT2D eigenvalue weighted by molar-refractivity contribution is -0.123. The molecule has 0 aliphatic rings. The normalized spacial score (nSPS) is 12.3. The van der Waals surface area contributed by atoms with Gasteiger partial charge in [-0.05, 0) is 69.3 Å². The van der Waals surface area contributed by atoms with Crippen LogP contribution < -0.4 is 15.2 Å². The second kappa shape index (κ2) is 8.85. The zero-order valence-electron chi connectivity index (χ0n) is 15.7. The highest BCUT2D eigenvalue weighted by Gasteiger charge is 2.19. The predicted octanol–water partition coefficient (Wildman–Crippen LogP) is 2.31. The van der Waals surface area contributed by atoms with Gasteiger partial charge in [-0.25, -0.2) is 18.4 Å². The predicted molar refractivity (Wildman–Crippen MR) is 104 cm³/mol. The summed E-state index contributed by atoms with van der Waals surface area (Å²) in [6.45, 7) is 5.22. The number of benzene rings is 2.